The molecule has 2 heterocycles. The van der Waals surface area contributed by atoms with E-state index in [9.17, 15) is 0 Å². The molecular weight excluding hydrogens is 691 g/mol. The van der Waals surface area contributed by atoms with Gasteiger partial charge in [0.25, 0.3) is 0 Å². The predicted octanol–water partition coefficient (Wildman–Crippen LogP) is 13.7. The topological polar surface area (TPSA) is 34.2 Å². The molecule has 1 aromatic heterocycles. The summed E-state index contributed by atoms with van der Waals surface area (Å²) < 4.78 is 2.36. The molecule has 0 radical (unpaired) electrons. The maximum Gasteiger partial charge on any atom is 0.0547 e. The molecule has 7 aromatic rings. The molecule has 0 amide bonds. The largest absolute Gasteiger partial charge is 0.398 e. The number of allylic oxidation sites excluding steroid dienone is 10. The third-order valence-electron chi connectivity index (χ3n) is 10.7. The summed E-state index contributed by atoms with van der Waals surface area (Å²) in [5, 5.41) is 2.38. The minimum absolute atomic E-state index is 0.00362. The number of aryl methyl sites for hydroxylation is 1. The summed E-state index contributed by atoms with van der Waals surface area (Å²) in [5.74, 6) is 0.00362. The van der Waals surface area contributed by atoms with Gasteiger partial charge in [0, 0.05) is 46.2 Å². The van der Waals surface area contributed by atoms with Crippen molar-refractivity contribution < 1.29 is 0 Å². The van der Waals surface area contributed by atoms with E-state index in [1.165, 1.54) is 33.0 Å². The minimum Gasteiger partial charge on any atom is -0.398 e. The van der Waals surface area contributed by atoms with E-state index >= 15 is 0 Å². The molecule has 3 heteroatoms. The zero-order valence-corrected chi connectivity index (χ0v) is 32.2. The lowest BCUT2D eigenvalue weighted by Crippen LogP contribution is -2.09. The molecule has 276 valence electrons. The van der Waals surface area contributed by atoms with Crippen molar-refractivity contribution in [3.05, 3.63) is 259 Å². The van der Waals surface area contributed by atoms with Gasteiger partial charge in [0.15, 0.2) is 0 Å². The fraction of sp³-hybridized carbons (Fsp3) is 0.0370. The highest BCUT2D eigenvalue weighted by atomic mass is 15.1. The van der Waals surface area contributed by atoms with E-state index < -0.39 is 0 Å². The lowest BCUT2D eigenvalue weighted by atomic mass is 9.84. The normalized spacial score (nSPS) is 16.6. The summed E-state index contributed by atoms with van der Waals surface area (Å²) in [4.78, 5) is 2.15. The number of aromatic nitrogens is 1. The maximum atomic E-state index is 6.56. The number of hydrogen-bond acceptors (Lipinski definition) is 2. The van der Waals surface area contributed by atoms with Crippen LogP contribution in [0.3, 0.4) is 0 Å². The Morgan fingerprint density at radius 1 is 0.649 bits per heavy atom. The van der Waals surface area contributed by atoms with Crippen molar-refractivity contribution in [2.24, 2.45) is 0 Å². The van der Waals surface area contributed by atoms with Gasteiger partial charge in [0.1, 0.15) is 0 Å². The molecule has 1 aliphatic heterocycles. The quantitative estimate of drug-likeness (QED) is 0.0958. The minimum atomic E-state index is 0.00362. The first-order chi connectivity index (χ1) is 27.9. The first-order valence-electron chi connectivity index (χ1n) is 19.2. The van der Waals surface area contributed by atoms with Crippen molar-refractivity contribution in [3.8, 4) is 5.69 Å². The van der Waals surface area contributed by atoms with E-state index in [4.69, 9.17) is 5.73 Å². The Bertz CT molecular complexity index is 2790. The number of hydrogen-bond donors (Lipinski definition) is 1. The molecule has 3 nitrogen and oxygen atoms in total. The van der Waals surface area contributed by atoms with Gasteiger partial charge >= 0.3 is 0 Å². The first kappa shape index (κ1) is 36.6. The van der Waals surface area contributed by atoms with Crippen LogP contribution in [0.15, 0.2) is 225 Å². The van der Waals surface area contributed by atoms with E-state index in [1.54, 1.807) is 0 Å². The van der Waals surface area contributed by atoms with Crippen molar-refractivity contribution in [3.63, 3.8) is 0 Å². The van der Waals surface area contributed by atoms with Crippen LogP contribution in [0.1, 0.15) is 39.3 Å². The van der Waals surface area contributed by atoms with Crippen LogP contribution in [0, 0.1) is 6.92 Å². The molecule has 57 heavy (non-hydrogen) atoms. The number of nitrogens with zero attached hydrogens (tertiary/aromatic N) is 2. The predicted molar refractivity (Wildman–Crippen MR) is 246 cm³/mol. The van der Waals surface area contributed by atoms with Crippen LogP contribution in [-0.4, -0.2) is 4.57 Å². The molecule has 1 atom stereocenters. The van der Waals surface area contributed by atoms with E-state index in [1.807, 2.05) is 48.6 Å². The van der Waals surface area contributed by atoms with Crippen molar-refractivity contribution in [1.29, 1.82) is 0 Å². The number of benzene rings is 6. The molecule has 1 aliphatic rings. The van der Waals surface area contributed by atoms with Gasteiger partial charge in [-0.25, -0.2) is 0 Å². The van der Waals surface area contributed by atoms with Crippen LogP contribution in [0.25, 0.3) is 39.1 Å². The number of para-hydroxylation sites is 2. The van der Waals surface area contributed by atoms with Gasteiger partial charge in [-0.05, 0) is 124 Å². The number of nitrogen functional groups attached to an aromatic ring is 1. The third kappa shape index (κ3) is 7.39. The molecule has 1 unspecified atom stereocenters. The van der Waals surface area contributed by atoms with Gasteiger partial charge in [-0.3, -0.25) is 0 Å². The Balaban J connectivity index is 1.23. The second-order valence-corrected chi connectivity index (χ2v) is 14.3. The van der Waals surface area contributed by atoms with Crippen LogP contribution < -0.4 is 10.6 Å². The Hall–Kier alpha value is -7.36. The Labute approximate surface area is 336 Å². The summed E-state index contributed by atoms with van der Waals surface area (Å²) in [7, 11) is 0. The fourth-order valence-electron chi connectivity index (χ4n) is 7.78. The van der Waals surface area contributed by atoms with Gasteiger partial charge in [-0.1, -0.05) is 141 Å². The Morgan fingerprint density at radius 2 is 1.35 bits per heavy atom. The van der Waals surface area contributed by atoms with E-state index in [-0.39, 0.29) is 5.92 Å². The smallest absolute Gasteiger partial charge is 0.0547 e. The van der Waals surface area contributed by atoms with Crippen LogP contribution in [0.5, 0.6) is 0 Å². The van der Waals surface area contributed by atoms with E-state index in [0.717, 1.165) is 55.9 Å². The van der Waals surface area contributed by atoms with E-state index in [0.29, 0.717) is 0 Å². The Kier molecular flexibility index (Phi) is 10.4. The molecule has 8 rings (SSSR count). The maximum absolute atomic E-state index is 6.56. The van der Waals surface area contributed by atoms with Crippen LogP contribution in [-0.2, 0) is 0 Å². The third-order valence-corrected chi connectivity index (χ3v) is 10.7. The lowest BCUT2D eigenvalue weighted by molar-refractivity contribution is 0.980. The summed E-state index contributed by atoms with van der Waals surface area (Å²) in [6.07, 6.45) is 20.6. The van der Waals surface area contributed by atoms with Crippen LogP contribution in [0.2, 0.25) is 0 Å². The highest BCUT2D eigenvalue weighted by molar-refractivity contribution is 6.14. The van der Waals surface area contributed by atoms with Crippen molar-refractivity contribution in [2.75, 3.05) is 10.6 Å². The van der Waals surface area contributed by atoms with Gasteiger partial charge in [0.05, 0.1) is 11.0 Å². The molecule has 0 fully saturated rings. The summed E-state index contributed by atoms with van der Waals surface area (Å²) >= 11 is 0. The second-order valence-electron chi connectivity index (χ2n) is 14.3. The molecule has 0 aliphatic carbocycles. The molecule has 2 N–H and O–H groups in total. The molecule has 0 saturated carbocycles. The summed E-state index contributed by atoms with van der Waals surface area (Å²) in [5.41, 5.74) is 21.4. The molecule has 0 bridgehead atoms. The highest BCUT2D eigenvalue weighted by Crippen LogP contribution is 2.39. The first-order valence-corrected chi connectivity index (χ1v) is 19.2. The number of nitrogens with two attached hydrogens (primary N) is 1. The standard InChI is InChI=1S/C54H45N3/c1-5-6-22-47-39(3)25-31-52-54(47)49-37-43(28-32-51(49)57(52)46-20-11-8-12-21-46)44-33-35-56(34-16-15-17-38(2)40(4)36-44)45-29-26-42(27-30-45)53(41-18-9-7-10-19-41)48-23-13-14-24-50(48)55/h5-37,53H,1-2,4,55H2,3H3/b17-15-,22-6-,34-16-,35-33-,44-36+. The SMILES string of the molecule is C=C/C=C\c1c(C)ccc2c1c1cc(C3=C/C(=C)C(=C)/C=C\C=C/N(c4ccc(C(c5ccccc5)c5ccccc5N)cc4)/C=C\3)ccc1n2-c1ccccc1. The zero-order valence-electron chi connectivity index (χ0n) is 32.2. The Morgan fingerprint density at radius 3 is 2.11 bits per heavy atom. The zero-order chi connectivity index (χ0) is 39.3. The lowest BCUT2D eigenvalue weighted by Gasteiger charge is -2.22. The number of rotatable bonds is 8. The van der Waals surface area contributed by atoms with Gasteiger partial charge in [0.2, 0.25) is 0 Å². The van der Waals surface area contributed by atoms with Crippen LogP contribution >= 0.6 is 0 Å². The average molecular weight is 736 g/mol. The molecule has 0 spiro atoms. The van der Waals surface area contributed by atoms with Crippen molar-refractivity contribution in [2.45, 2.75) is 12.8 Å². The van der Waals surface area contributed by atoms with Crippen molar-refractivity contribution >= 4 is 44.8 Å². The summed E-state index contributed by atoms with van der Waals surface area (Å²) in [6, 6.07) is 49.2. The van der Waals surface area contributed by atoms with Crippen LogP contribution in [0.4, 0.5) is 11.4 Å². The molecule has 6 aromatic carbocycles. The molecular formula is C54H45N3. The van der Waals surface area contributed by atoms with Crippen molar-refractivity contribution in [1.82, 2.24) is 4.57 Å². The summed E-state index contributed by atoms with van der Waals surface area (Å²) in [6.45, 7) is 14.9. The fourth-order valence-corrected chi connectivity index (χ4v) is 7.78. The molecule has 0 saturated heterocycles. The van der Waals surface area contributed by atoms with E-state index in [2.05, 4.69) is 188 Å². The van der Waals surface area contributed by atoms with Gasteiger partial charge in [-0.2, -0.15) is 0 Å². The van der Waals surface area contributed by atoms with Gasteiger partial charge in [-0.15, -0.1) is 0 Å². The number of anilines is 2. The van der Waals surface area contributed by atoms with Gasteiger partial charge < -0.3 is 15.2 Å². The number of fused-ring (bicyclic) bond motifs is 3. The second kappa shape index (κ2) is 16.2. The highest BCUT2D eigenvalue weighted by Gasteiger charge is 2.20. The monoisotopic (exact) mass is 735 g/mol. The average Bonchev–Trinajstić information content (AvgIpc) is 3.56.